The van der Waals surface area contributed by atoms with Crippen LogP contribution in [0.1, 0.15) is 19.4 Å². The number of carbonyl (C=O) groups excluding carboxylic acids is 1. The molecule has 0 saturated heterocycles. The SMILES string of the molecule is COc1cc(/C=C/C(=O)Nc2cccnc2N(C)C)cc(Cl)c1OC(C)C. The minimum absolute atomic E-state index is 0.0334. The van der Waals surface area contributed by atoms with Crippen LogP contribution in [0.2, 0.25) is 5.02 Å². The first-order valence-electron chi connectivity index (χ1n) is 8.47. The average molecular weight is 390 g/mol. The molecule has 1 aromatic carbocycles. The molecule has 1 aromatic heterocycles. The summed E-state index contributed by atoms with van der Waals surface area (Å²) in [6.07, 6.45) is 4.74. The van der Waals surface area contributed by atoms with Crippen LogP contribution < -0.4 is 19.7 Å². The van der Waals surface area contributed by atoms with E-state index in [0.29, 0.717) is 28.0 Å². The zero-order valence-corrected chi connectivity index (χ0v) is 16.9. The maximum atomic E-state index is 12.3. The summed E-state index contributed by atoms with van der Waals surface area (Å²) in [6, 6.07) is 7.06. The quantitative estimate of drug-likeness (QED) is 0.717. The third-order valence-electron chi connectivity index (χ3n) is 3.50. The number of hydrogen-bond acceptors (Lipinski definition) is 5. The molecule has 1 heterocycles. The smallest absolute Gasteiger partial charge is 0.248 e. The Kier molecular flexibility index (Phi) is 7.07. The Morgan fingerprint density at radius 3 is 2.70 bits per heavy atom. The van der Waals surface area contributed by atoms with Crippen LogP contribution in [0.15, 0.2) is 36.5 Å². The maximum absolute atomic E-state index is 12.3. The van der Waals surface area contributed by atoms with E-state index < -0.39 is 0 Å². The van der Waals surface area contributed by atoms with Crippen molar-refractivity contribution in [3.63, 3.8) is 0 Å². The fourth-order valence-corrected chi connectivity index (χ4v) is 2.65. The lowest BCUT2D eigenvalue weighted by Gasteiger charge is -2.16. The van der Waals surface area contributed by atoms with Crippen molar-refractivity contribution in [2.75, 3.05) is 31.4 Å². The molecule has 0 radical (unpaired) electrons. The molecule has 7 heteroatoms. The molecule has 27 heavy (non-hydrogen) atoms. The molecule has 0 saturated carbocycles. The van der Waals surface area contributed by atoms with Crippen LogP contribution in [0.4, 0.5) is 11.5 Å². The summed E-state index contributed by atoms with van der Waals surface area (Å²) in [5.74, 6) is 1.41. The van der Waals surface area contributed by atoms with Gasteiger partial charge in [-0.2, -0.15) is 0 Å². The molecule has 6 nitrogen and oxygen atoms in total. The largest absolute Gasteiger partial charge is 0.493 e. The first kappa shape index (κ1) is 20.6. The molecule has 2 aromatic rings. The molecule has 0 bridgehead atoms. The minimum Gasteiger partial charge on any atom is -0.493 e. The molecule has 1 N–H and O–H groups in total. The second-order valence-corrected chi connectivity index (χ2v) is 6.70. The van der Waals surface area contributed by atoms with Gasteiger partial charge in [-0.15, -0.1) is 0 Å². The molecule has 144 valence electrons. The van der Waals surface area contributed by atoms with Crippen LogP contribution in [-0.4, -0.2) is 38.2 Å². The van der Waals surface area contributed by atoms with Crippen molar-refractivity contribution >= 4 is 35.1 Å². The molecule has 0 aliphatic carbocycles. The van der Waals surface area contributed by atoms with Gasteiger partial charge in [-0.1, -0.05) is 11.6 Å². The number of nitrogens with one attached hydrogen (secondary N) is 1. The van der Waals surface area contributed by atoms with E-state index >= 15 is 0 Å². The number of rotatable bonds is 7. The normalized spacial score (nSPS) is 10.9. The summed E-state index contributed by atoms with van der Waals surface area (Å²) >= 11 is 6.30. The van der Waals surface area contributed by atoms with Crippen molar-refractivity contribution in [1.29, 1.82) is 0 Å². The first-order chi connectivity index (χ1) is 12.8. The number of benzene rings is 1. The fraction of sp³-hybridized carbons (Fsp3) is 0.300. The van der Waals surface area contributed by atoms with Crippen LogP contribution in [0, 0.1) is 0 Å². The monoisotopic (exact) mass is 389 g/mol. The molecule has 1 amide bonds. The highest BCUT2D eigenvalue weighted by Gasteiger charge is 2.13. The highest BCUT2D eigenvalue weighted by Crippen LogP contribution is 2.37. The van der Waals surface area contributed by atoms with Crippen LogP contribution in [-0.2, 0) is 4.79 Å². The van der Waals surface area contributed by atoms with E-state index in [1.807, 2.05) is 32.8 Å². The van der Waals surface area contributed by atoms with Crippen molar-refractivity contribution in [2.45, 2.75) is 20.0 Å². The number of amides is 1. The topological polar surface area (TPSA) is 63.7 Å². The number of ether oxygens (including phenoxy) is 2. The number of halogens is 1. The Morgan fingerprint density at radius 2 is 2.07 bits per heavy atom. The van der Waals surface area contributed by atoms with Gasteiger partial charge in [-0.05, 0) is 49.8 Å². The lowest BCUT2D eigenvalue weighted by atomic mass is 10.2. The van der Waals surface area contributed by atoms with Crippen molar-refractivity contribution in [3.05, 3.63) is 47.1 Å². The van der Waals surface area contributed by atoms with Gasteiger partial charge in [0.2, 0.25) is 5.91 Å². The number of aromatic nitrogens is 1. The van der Waals surface area contributed by atoms with E-state index in [-0.39, 0.29) is 12.0 Å². The van der Waals surface area contributed by atoms with Crippen LogP contribution in [0.25, 0.3) is 6.08 Å². The zero-order chi connectivity index (χ0) is 20.0. The van der Waals surface area contributed by atoms with Crippen LogP contribution >= 0.6 is 11.6 Å². The second kappa shape index (κ2) is 9.28. The third-order valence-corrected chi connectivity index (χ3v) is 3.78. The standard InChI is InChI=1S/C20H24ClN3O3/c1-13(2)27-19-15(21)11-14(12-17(19)26-5)8-9-18(25)23-16-7-6-10-22-20(16)24(3)4/h6-13H,1-5H3,(H,23,25)/b9-8+. The predicted octanol–water partition coefficient (Wildman–Crippen LogP) is 4.25. The summed E-state index contributed by atoms with van der Waals surface area (Å²) < 4.78 is 11.0. The zero-order valence-electron chi connectivity index (χ0n) is 16.1. The molecular formula is C20H24ClN3O3. The van der Waals surface area contributed by atoms with Gasteiger partial charge in [-0.3, -0.25) is 4.79 Å². The number of carbonyl (C=O) groups is 1. The van der Waals surface area contributed by atoms with E-state index in [0.717, 1.165) is 5.56 Å². The number of methoxy groups -OCH3 is 1. The predicted molar refractivity (Wildman–Crippen MR) is 110 cm³/mol. The molecule has 0 atom stereocenters. The average Bonchev–Trinajstić information content (AvgIpc) is 2.61. The van der Waals surface area contributed by atoms with E-state index in [1.165, 1.54) is 6.08 Å². The second-order valence-electron chi connectivity index (χ2n) is 6.29. The van der Waals surface area contributed by atoms with Gasteiger partial charge in [0.15, 0.2) is 17.3 Å². The number of nitrogens with zero attached hydrogens (tertiary/aromatic N) is 2. The highest BCUT2D eigenvalue weighted by molar-refractivity contribution is 6.32. The summed E-state index contributed by atoms with van der Waals surface area (Å²) in [4.78, 5) is 18.4. The Labute approximate surface area is 164 Å². The third kappa shape index (κ3) is 5.62. The summed E-state index contributed by atoms with van der Waals surface area (Å²) in [7, 11) is 5.27. The molecule has 0 spiro atoms. The Morgan fingerprint density at radius 1 is 1.33 bits per heavy atom. The van der Waals surface area contributed by atoms with E-state index in [2.05, 4.69) is 10.3 Å². The van der Waals surface area contributed by atoms with Crippen LogP contribution in [0.3, 0.4) is 0 Å². The van der Waals surface area contributed by atoms with Crippen molar-refractivity contribution < 1.29 is 14.3 Å². The Balaban J connectivity index is 2.18. The van der Waals surface area contributed by atoms with Gasteiger partial charge in [-0.25, -0.2) is 4.98 Å². The molecule has 0 aliphatic heterocycles. The summed E-state index contributed by atoms with van der Waals surface area (Å²) in [6.45, 7) is 3.82. The van der Waals surface area contributed by atoms with Gasteiger partial charge in [0, 0.05) is 26.4 Å². The highest BCUT2D eigenvalue weighted by atomic mass is 35.5. The summed E-state index contributed by atoms with van der Waals surface area (Å²) in [5, 5.41) is 3.25. The fourth-order valence-electron chi connectivity index (χ4n) is 2.38. The van der Waals surface area contributed by atoms with Crippen molar-refractivity contribution in [3.8, 4) is 11.5 Å². The number of pyridine rings is 1. The molecule has 2 rings (SSSR count). The number of anilines is 2. The van der Waals surface area contributed by atoms with Crippen molar-refractivity contribution in [1.82, 2.24) is 4.98 Å². The molecule has 0 aliphatic rings. The van der Waals surface area contributed by atoms with Crippen molar-refractivity contribution in [2.24, 2.45) is 0 Å². The van der Waals surface area contributed by atoms with E-state index in [9.17, 15) is 4.79 Å². The molecule has 0 unspecified atom stereocenters. The number of hydrogen-bond donors (Lipinski definition) is 1. The minimum atomic E-state index is -0.274. The lowest BCUT2D eigenvalue weighted by molar-refractivity contribution is -0.111. The maximum Gasteiger partial charge on any atom is 0.248 e. The Hall–Kier alpha value is -2.73. The molecular weight excluding hydrogens is 366 g/mol. The first-order valence-corrected chi connectivity index (χ1v) is 8.85. The molecule has 0 fully saturated rings. The lowest BCUT2D eigenvalue weighted by Crippen LogP contribution is -2.16. The Bertz CT molecular complexity index is 835. The van der Waals surface area contributed by atoms with E-state index in [4.69, 9.17) is 21.1 Å². The van der Waals surface area contributed by atoms with Gasteiger partial charge >= 0.3 is 0 Å². The van der Waals surface area contributed by atoms with Gasteiger partial charge < -0.3 is 19.7 Å². The van der Waals surface area contributed by atoms with Gasteiger partial charge in [0.25, 0.3) is 0 Å². The van der Waals surface area contributed by atoms with Gasteiger partial charge in [0.1, 0.15) is 0 Å². The summed E-state index contributed by atoms with van der Waals surface area (Å²) in [5.41, 5.74) is 1.36. The van der Waals surface area contributed by atoms with Crippen LogP contribution in [0.5, 0.6) is 11.5 Å². The van der Waals surface area contributed by atoms with E-state index in [1.54, 1.807) is 43.6 Å². The van der Waals surface area contributed by atoms with Gasteiger partial charge in [0.05, 0.1) is 23.9 Å².